The average molecular weight is 390 g/mol. The molecule has 0 saturated carbocycles. The summed E-state index contributed by atoms with van der Waals surface area (Å²) >= 11 is 1.69. The monoisotopic (exact) mass is 390 g/mol. The Labute approximate surface area is 114 Å². The molecule has 0 amide bonds. The molecule has 0 aromatic carbocycles. The van der Waals surface area contributed by atoms with E-state index in [0.29, 0.717) is 0 Å². The molecule has 0 aliphatic carbocycles. The molecule has 9 heteroatoms. The van der Waals surface area contributed by atoms with E-state index in [1.165, 1.54) is 0 Å². The number of hydrogen-bond acceptors (Lipinski definition) is 3. The van der Waals surface area contributed by atoms with Crippen molar-refractivity contribution >= 4 is 28.6 Å². The fourth-order valence-electron chi connectivity index (χ4n) is 0.949. The molecular formula is C9H12F5IO3. The van der Waals surface area contributed by atoms with Crippen molar-refractivity contribution in [3.05, 3.63) is 0 Å². The molecule has 0 bridgehead atoms. The number of hydrogen-bond donors (Lipinski definition) is 0. The minimum atomic E-state index is -4.85. The van der Waals surface area contributed by atoms with Crippen LogP contribution in [0.1, 0.15) is 19.8 Å². The van der Waals surface area contributed by atoms with E-state index >= 15 is 0 Å². The Balaban J connectivity index is 4.21. The Hall–Kier alpha value is -0.190. The van der Waals surface area contributed by atoms with Gasteiger partial charge in [-0.25, -0.2) is 4.39 Å². The summed E-state index contributed by atoms with van der Waals surface area (Å²) in [7, 11) is 0. The van der Waals surface area contributed by atoms with Gasteiger partial charge < -0.3 is 4.74 Å². The van der Waals surface area contributed by atoms with Crippen LogP contribution >= 0.6 is 22.6 Å². The van der Waals surface area contributed by atoms with Gasteiger partial charge in [0.2, 0.25) is 0 Å². The summed E-state index contributed by atoms with van der Waals surface area (Å²) in [5.41, 5.74) is 0. The van der Waals surface area contributed by atoms with Crippen molar-refractivity contribution in [1.82, 2.24) is 0 Å². The van der Waals surface area contributed by atoms with E-state index in [1.807, 2.05) is 0 Å². The van der Waals surface area contributed by atoms with Crippen molar-refractivity contribution in [1.29, 1.82) is 0 Å². The van der Waals surface area contributed by atoms with E-state index in [2.05, 4.69) is 9.47 Å². The normalized spacial score (nSPS) is 14.4. The third-order valence-corrected chi connectivity index (χ3v) is 2.88. The van der Waals surface area contributed by atoms with Crippen LogP contribution in [0.15, 0.2) is 0 Å². The summed E-state index contributed by atoms with van der Waals surface area (Å²) in [5, 5.41) is 0. The Bertz CT molecular complexity index is 275. The number of esters is 1. The summed E-state index contributed by atoms with van der Waals surface area (Å²) in [6.45, 7) is -1.01. The predicted octanol–water partition coefficient (Wildman–Crippen LogP) is 3.31. The first kappa shape index (κ1) is 17.8. The summed E-state index contributed by atoms with van der Waals surface area (Å²) in [4.78, 5) is 10.4. The van der Waals surface area contributed by atoms with Crippen LogP contribution in [0.2, 0.25) is 0 Å². The molecule has 1 unspecified atom stereocenters. The van der Waals surface area contributed by atoms with Crippen LogP contribution < -0.4 is 0 Å². The molecule has 0 rings (SSSR count). The zero-order valence-corrected chi connectivity index (χ0v) is 11.6. The summed E-state index contributed by atoms with van der Waals surface area (Å²) in [5.74, 6) is -5.06. The van der Waals surface area contributed by atoms with E-state index in [1.54, 1.807) is 22.6 Å². The standard InChI is InChI=1S/C9H12F5IO3/c1-6(16)17-4-7(15)2-3-8(11,12)9(13,14)18-5-10/h7H,2-5H2,1H3. The minimum absolute atomic E-state index is 0.151. The van der Waals surface area contributed by atoms with Gasteiger partial charge in [-0.2, -0.15) is 17.6 Å². The van der Waals surface area contributed by atoms with Crippen LogP contribution in [0.25, 0.3) is 0 Å². The Morgan fingerprint density at radius 3 is 2.33 bits per heavy atom. The maximum Gasteiger partial charge on any atom is 0.421 e. The lowest BCUT2D eigenvalue weighted by molar-refractivity contribution is -0.358. The largest absolute Gasteiger partial charge is 0.465 e. The second-order valence-electron chi connectivity index (χ2n) is 3.41. The first-order valence-electron chi connectivity index (χ1n) is 4.85. The van der Waals surface area contributed by atoms with E-state index in [-0.39, 0.29) is 13.0 Å². The lowest BCUT2D eigenvalue weighted by Crippen LogP contribution is -2.43. The van der Waals surface area contributed by atoms with Crippen molar-refractivity contribution in [3.63, 3.8) is 0 Å². The van der Waals surface area contributed by atoms with Gasteiger partial charge in [0.15, 0.2) is 6.86 Å². The van der Waals surface area contributed by atoms with E-state index < -0.39 is 35.2 Å². The Morgan fingerprint density at radius 2 is 1.89 bits per heavy atom. The van der Waals surface area contributed by atoms with Crippen molar-refractivity contribution in [2.75, 3.05) is 13.5 Å². The van der Waals surface area contributed by atoms with Gasteiger partial charge in [-0.15, -0.1) is 0 Å². The third-order valence-electron chi connectivity index (χ3n) is 1.90. The zero-order valence-electron chi connectivity index (χ0n) is 9.40. The van der Waals surface area contributed by atoms with E-state index in [9.17, 15) is 26.7 Å². The fourth-order valence-corrected chi connectivity index (χ4v) is 1.44. The smallest absolute Gasteiger partial charge is 0.421 e. The third kappa shape index (κ3) is 6.12. The number of rotatable bonds is 8. The molecule has 3 nitrogen and oxygen atoms in total. The molecule has 0 aliphatic rings. The van der Waals surface area contributed by atoms with Crippen LogP contribution in [-0.2, 0) is 14.3 Å². The molecule has 0 heterocycles. The molecule has 0 N–H and O–H groups in total. The van der Waals surface area contributed by atoms with Gasteiger partial charge in [-0.05, 0) is 6.42 Å². The molecule has 0 spiro atoms. The van der Waals surface area contributed by atoms with Crippen molar-refractivity contribution < 1.29 is 36.2 Å². The number of carbonyl (C=O) groups is 1. The van der Waals surface area contributed by atoms with Gasteiger partial charge in [0.1, 0.15) is 6.61 Å². The Kier molecular flexibility index (Phi) is 7.33. The zero-order chi connectivity index (χ0) is 14.4. The highest BCUT2D eigenvalue weighted by Crippen LogP contribution is 2.39. The molecule has 0 fully saturated rings. The van der Waals surface area contributed by atoms with Gasteiger partial charge in [0.25, 0.3) is 0 Å². The van der Waals surface area contributed by atoms with Crippen LogP contribution in [0.3, 0.4) is 0 Å². The predicted molar refractivity (Wildman–Crippen MR) is 60.6 cm³/mol. The summed E-state index contributed by atoms with van der Waals surface area (Å²) in [6.07, 6.45) is -6.37. The van der Waals surface area contributed by atoms with Gasteiger partial charge in [-0.3, -0.25) is 9.53 Å². The second kappa shape index (κ2) is 7.41. The van der Waals surface area contributed by atoms with Crippen LogP contribution in [0, 0.1) is 0 Å². The SMILES string of the molecule is CC(=O)OCC(I)CCC(F)(F)C(F)(F)OCF. The van der Waals surface area contributed by atoms with E-state index in [0.717, 1.165) is 6.92 Å². The van der Waals surface area contributed by atoms with Crippen molar-refractivity contribution in [3.8, 4) is 0 Å². The van der Waals surface area contributed by atoms with Crippen LogP contribution in [0.4, 0.5) is 22.0 Å². The molecule has 0 aliphatic heterocycles. The average Bonchev–Trinajstić information content (AvgIpc) is 2.23. The lowest BCUT2D eigenvalue weighted by Gasteiger charge is -2.25. The topological polar surface area (TPSA) is 35.5 Å². The molecular weight excluding hydrogens is 378 g/mol. The minimum Gasteiger partial charge on any atom is -0.465 e. The van der Waals surface area contributed by atoms with Gasteiger partial charge >= 0.3 is 18.0 Å². The summed E-state index contributed by atoms with van der Waals surface area (Å²) in [6, 6.07) is 0. The van der Waals surface area contributed by atoms with Gasteiger partial charge in [0.05, 0.1) is 0 Å². The maximum atomic E-state index is 13.0. The van der Waals surface area contributed by atoms with Gasteiger partial charge in [-0.1, -0.05) is 22.6 Å². The highest BCUT2D eigenvalue weighted by molar-refractivity contribution is 14.1. The quantitative estimate of drug-likeness (QED) is 0.276. The van der Waals surface area contributed by atoms with Gasteiger partial charge in [0, 0.05) is 17.3 Å². The molecule has 0 aromatic heterocycles. The Morgan fingerprint density at radius 1 is 1.33 bits per heavy atom. The molecule has 0 radical (unpaired) electrons. The highest BCUT2D eigenvalue weighted by Gasteiger charge is 2.57. The number of halogens is 6. The van der Waals surface area contributed by atoms with Crippen LogP contribution in [-0.4, -0.2) is 35.4 Å². The first-order valence-corrected chi connectivity index (χ1v) is 6.10. The molecule has 18 heavy (non-hydrogen) atoms. The number of carbonyl (C=O) groups excluding carboxylic acids is 1. The first-order chi connectivity index (χ1) is 8.12. The summed E-state index contributed by atoms with van der Waals surface area (Å²) < 4.78 is 69.9. The fraction of sp³-hybridized carbons (Fsp3) is 0.889. The lowest BCUT2D eigenvalue weighted by atomic mass is 10.1. The molecule has 1 atom stereocenters. The molecule has 108 valence electrons. The second-order valence-corrected chi connectivity index (χ2v) is 5.17. The molecule has 0 saturated heterocycles. The van der Waals surface area contributed by atoms with Crippen molar-refractivity contribution in [2.45, 2.75) is 35.7 Å². The number of alkyl halides is 6. The molecule has 0 aromatic rings. The number of ether oxygens (including phenoxy) is 2. The van der Waals surface area contributed by atoms with Crippen molar-refractivity contribution in [2.24, 2.45) is 0 Å². The van der Waals surface area contributed by atoms with E-state index in [4.69, 9.17) is 0 Å². The highest BCUT2D eigenvalue weighted by atomic mass is 127. The maximum absolute atomic E-state index is 13.0. The van der Waals surface area contributed by atoms with Crippen LogP contribution in [0.5, 0.6) is 0 Å².